The summed E-state index contributed by atoms with van der Waals surface area (Å²) in [4.78, 5) is 48.7. The van der Waals surface area contributed by atoms with Crippen molar-refractivity contribution < 1.29 is 54.2 Å². The molecule has 3 amide bonds. The molecule has 22 nitrogen and oxygen atoms in total. The highest BCUT2D eigenvalue weighted by molar-refractivity contribution is 7.90. The van der Waals surface area contributed by atoms with Crippen molar-refractivity contribution in [1.29, 1.82) is 0 Å². The first-order valence-electron chi connectivity index (χ1n) is 34.3. The first-order chi connectivity index (χ1) is 46.0. The minimum Gasteiger partial charge on any atom is -0.477 e. The molecule has 2 aromatic carbocycles. The molecule has 8 fully saturated rings. The van der Waals surface area contributed by atoms with Gasteiger partial charge in [-0.05, 0) is 252 Å². The second kappa shape index (κ2) is 25.5. The molecule has 4 spiro atoms. The second-order valence-corrected chi connectivity index (χ2v) is 33.8. The predicted octanol–water partition coefficient (Wildman–Crippen LogP) is 11.8. The van der Waals surface area contributed by atoms with Gasteiger partial charge in [0.1, 0.15) is 28.9 Å². The second-order valence-electron chi connectivity index (χ2n) is 30.6. The number of benzene rings is 2. The number of aromatic nitrogens is 6. The molecule has 6 aliphatic carbocycles. The van der Waals surface area contributed by atoms with Crippen molar-refractivity contribution in [1.82, 2.24) is 49.2 Å². The van der Waals surface area contributed by atoms with Gasteiger partial charge in [-0.2, -0.15) is 16.8 Å². The number of sulfonamides is 2. The molecule has 0 bridgehead atoms. The average Bonchev–Trinajstić information content (AvgIpc) is 1.45. The summed E-state index contributed by atoms with van der Waals surface area (Å²) in [5.41, 5.74) is 1.74. The topological polar surface area (TPSA) is 272 Å². The number of hydrogen-bond acceptors (Lipinski definition) is 17. The summed E-state index contributed by atoms with van der Waals surface area (Å²) in [7, 11) is -8.75. The lowest BCUT2D eigenvalue weighted by molar-refractivity contribution is 0.0130. The molecule has 520 valence electrons. The Bertz CT molecular complexity index is 4180. The van der Waals surface area contributed by atoms with Crippen molar-refractivity contribution in [2.24, 2.45) is 45.3 Å². The van der Waals surface area contributed by atoms with Crippen LogP contribution in [-0.2, 0) is 24.8 Å². The Morgan fingerprint density at radius 2 is 1.04 bits per heavy atom. The number of likely N-dealkylation sites (tertiary alicyclic amines) is 1. The first-order valence-corrected chi connectivity index (χ1v) is 37.3. The van der Waals surface area contributed by atoms with Crippen molar-refractivity contribution in [2.45, 2.75) is 178 Å². The van der Waals surface area contributed by atoms with E-state index in [1.807, 2.05) is 44.1 Å². The van der Waals surface area contributed by atoms with Crippen LogP contribution in [0.4, 0.5) is 25.2 Å². The van der Waals surface area contributed by atoms with E-state index >= 15 is 8.78 Å². The molecule has 26 heteroatoms. The number of hydrogen-bond donors (Lipinski definition) is 5. The SMILES string of the molecule is CC(C)(C)OC(=O)N1C[C@@H](CCCNc2cccc(S(=O)(=O)NC(=O)c3ccc(-n4ccc(OCCC5C6(CC6)C56CC6)n4)cc3F)n2)CC1(C)C.CC1(C)C[C@H](CCCNc2cccc(S(=O)(=O)NC(=O)c3ccc(-n4ccc(OCCC5C6(CC6)C56CC6)n4)cc3F)n2)CN1. The fourth-order valence-electron chi connectivity index (χ4n) is 16.7. The quantitative estimate of drug-likeness (QED) is 0.0316. The largest absolute Gasteiger partial charge is 0.477 e. The van der Waals surface area contributed by atoms with Gasteiger partial charge in [0.05, 0.1) is 35.7 Å². The van der Waals surface area contributed by atoms with Crippen LogP contribution in [0.15, 0.2) is 107 Å². The van der Waals surface area contributed by atoms with E-state index in [0.29, 0.717) is 101 Å². The molecular formula is C71H90F2N12O10S2. The molecule has 2 atom stereocenters. The molecule has 14 rings (SSSR count). The Balaban J connectivity index is 0.000000177. The van der Waals surface area contributed by atoms with E-state index in [-0.39, 0.29) is 27.2 Å². The molecule has 5 N–H and O–H groups in total. The number of ether oxygens (including phenoxy) is 3. The third-order valence-electron chi connectivity index (χ3n) is 21.9. The Morgan fingerprint density at radius 3 is 1.44 bits per heavy atom. The van der Waals surface area contributed by atoms with Gasteiger partial charge < -0.3 is 35.1 Å². The molecule has 6 aromatic rings. The molecule has 0 unspecified atom stereocenters. The van der Waals surface area contributed by atoms with Crippen molar-refractivity contribution in [3.05, 3.63) is 120 Å². The van der Waals surface area contributed by atoms with Gasteiger partial charge in [-0.15, -0.1) is 10.2 Å². The number of anilines is 2. The van der Waals surface area contributed by atoms with Crippen molar-refractivity contribution in [2.75, 3.05) is 50.0 Å². The lowest BCUT2D eigenvalue weighted by atomic mass is 9.93. The van der Waals surface area contributed by atoms with Crippen molar-refractivity contribution in [3.63, 3.8) is 0 Å². The van der Waals surface area contributed by atoms with E-state index in [9.17, 15) is 31.2 Å². The number of pyridine rings is 2. The molecule has 97 heavy (non-hydrogen) atoms. The number of amides is 3. The van der Waals surface area contributed by atoms with Crippen LogP contribution in [0.5, 0.6) is 11.8 Å². The number of halogens is 2. The fraction of sp³-hybridized carbons (Fsp3) is 0.563. The molecule has 2 saturated heterocycles. The van der Waals surface area contributed by atoms with E-state index in [4.69, 9.17) is 14.2 Å². The zero-order chi connectivity index (χ0) is 68.6. The van der Waals surface area contributed by atoms with Gasteiger partial charge >= 0.3 is 6.09 Å². The summed E-state index contributed by atoms with van der Waals surface area (Å²) in [6.07, 6.45) is 21.6. The van der Waals surface area contributed by atoms with Gasteiger partial charge in [-0.1, -0.05) is 12.1 Å². The number of nitrogens with zero attached hydrogens (tertiary/aromatic N) is 7. The lowest BCUT2D eigenvalue weighted by Crippen LogP contribution is -2.45. The Morgan fingerprint density at radius 1 is 0.598 bits per heavy atom. The van der Waals surface area contributed by atoms with Crippen LogP contribution >= 0.6 is 0 Å². The third kappa shape index (κ3) is 14.5. The molecule has 6 heterocycles. The Kier molecular flexibility index (Phi) is 17.9. The number of carbonyl (C=O) groups excluding carboxylic acids is 3. The van der Waals surface area contributed by atoms with Gasteiger partial charge in [-0.3, -0.25) is 9.59 Å². The summed E-state index contributed by atoms with van der Waals surface area (Å²) in [5.74, 6) is 0.121. The maximum atomic E-state index is 15.2. The standard InChI is InChI=1S/C38H49FN6O6S.C33H41FN6O4S/c1-35(2,3)51-34(47)44-24-25(23-36(44,4)5)8-7-19-40-30-9-6-10-32(41-30)52(48,49)43-33(46)27-12-11-26(22-28(27)39)45-20-13-31(42-45)50-21-14-29-37(15-16-37)38(29)17-18-38;1-31(2)20-22(21-36-31)5-4-16-35-27-6-3-7-29(37-27)45(42,43)39-30(41)24-9-8-23(19-25(24)34)40-17-10-28(38-40)44-18-11-26-32(12-13-32)33(26)14-15-33/h6,9-13,20,22,25,29H,7-8,14-19,21,23-24H2,1-5H3,(H,40,41)(H,43,46);3,6-10,17,19,22,26,36H,4-5,11-16,18,20-21H2,1-2H3,(H,35,37)(H,39,41)/t25-;22-/m00/s1. The van der Waals surface area contributed by atoms with Crippen LogP contribution in [0, 0.1) is 57.0 Å². The monoisotopic (exact) mass is 1370 g/mol. The molecular weight excluding hydrogens is 1280 g/mol. The predicted molar refractivity (Wildman–Crippen MR) is 359 cm³/mol. The number of fused-ring (bicyclic) bond motifs is 2. The van der Waals surface area contributed by atoms with Gasteiger partial charge in [0.15, 0.2) is 10.1 Å². The zero-order valence-corrected chi connectivity index (χ0v) is 58.0. The Labute approximate surface area is 566 Å². The molecule has 8 aliphatic rings. The normalized spacial score (nSPS) is 21.4. The zero-order valence-electron chi connectivity index (χ0n) is 56.4. The maximum absolute atomic E-state index is 15.2. The van der Waals surface area contributed by atoms with Crippen LogP contribution in [0.3, 0.4) is 0 Å². The average molecular weight is 1370 g/mol. The minimum atomic E-state index is -4.41. The molecule has 2 aliphatic heterocycles. The van der Waals surface area contributed by atoms with E-state index in [2.05, 4.69) is 50.0 Å². The highest BCUT2D eigenvalue weighted by Gasteiger charge is 2.86. The number of nitrogens with one attached hydrogen (secondary N) is 5. The van der Waals surface area contributed by atoms with Gasteiger partial charge in [0, 0.05) is 67.4 Å². The maximum Gasteiger partial charge on any atom is 0.410 e. The number of rotatable bonds is 26. The highest BCUT2D eigenvalue weighted by Crippen LogP contribution is 2.94. The smallest absolute Gasteiger partial charge is 0.410 e. The van der Waals surface area contributed by atoms with Crippen molar-refractivity contribution >= 4 is 49.6 Å². The van der Waals surface area contributed by atoms with Gasteiger partial charge in [-0.25, -0.2) is 42.4 Å². The number of carbonyl (C=O) groups is 3. The highest BCUT2D eigenvalue weighted by atomic mass is 32.2. The van der Waals surface area contributed by atoms with Gasteiger partial charge in [0.25, 0.3) is 31.9 Å². The van der Waals surface area contributed by atoms with Gasteiger partial charge in [0.2, 0.25) is 11.8 Å². The summed E-state index contributed by atoms with van der Waals surface area (Å²) in [6.45, 7) is 18.0. The molecule has 0 radical (unpaired) electrons. The fourth-order valence-corrected chi connectivity index (χ4v) is 18.6. The lowest BCUT2D eigenvalue weighted by Gasteiger charge is -2.33. The Hall–Kier alpha value is -7.71. The van der Waals surface area contributed by atoms with Crippen LogP contribution < -0.4 is 34.9 Å². The third-order valence-corrected chi connectivity index (χ3v) is 24.4. The summed E-state index contributed by atoms with van der Waals surface area (Å²) < 4.78 is 107. The minimum absolute atomic E-state index is 0.171. The van der Waals surface area contributed by atoms with Crippen LogP contribution in [0.25, 0.3) is 11.4 Å². The van der Waals surface area contributed by atoms with Crippen molar-refractivity contribution in [3.8, 4) is 23.1 Å². The molecule has 4 aromatic heterocycles. The summed E-state index contributed by atoms with van der Waals surface area (Å²) in [6, 6.07) is 20.1. The van der Waals surface area contributed by atoms with E-state index in [0.717, 1.165) is 81.9 Å². The van der Waals surface area contributed by atoms with Crippen LogP contribution in [-0.4, -0.2) is 125 Å². The van der Waals surface area contributed by atoms with Crippen LogP contribution in [0.1, 0.15) is 172 Å². The summed E-state index contributed by atoms with van der Waals surface area (Å²) >= 11 is 0. The molecule has 6 saturated carbocycles. The van der Waals surface area contributed by atoms with E-state index in [1.54, 1.807) is 47.6 Å². The van der Waals surface area contributed by atoms with E-state index in [1.165, 1.54) is 103 Å². The summed E-state index contributed by atoms with van der Waals surface area (Å²) in [5, 5.41) is 17.9. The van der Waals surface area contributed by atoms with E-state index < -0.39 is 60.2 Å². The van der Waals surface area contributed by atoms with Crippen LogP contribution in [0.2, 0.25) is 0 Å². The first kappa shape index (κ1) is 67.8.